The second-order valence-electron chi connectivity index (χ2n) is 8.09. The van der Waals surface area contributed by atoms with Crippen LogP contribution in [0.3, 0.4) is 0 Å². The number of hydrogen-bond donors (Lipinski definition) is 0. The van der Waals surface area contributed by atoms with Crippen molar-refractivity contribution in [2.75, 3.05) is 14.2 Å². The first-order valence-electron chi connectivity index (χ1n) is 9.44. The van der Waals surface area contributed by atoms with Gasteiger partial charge >= 0.3 is 5.97 Å². The summed E-state index contributed by atoms with van der Waals surface area (Å²) in [6, 6.07) is 5.88. The van der Waals surface area contributed by atoms with Crippen molar-refractivity contribution in [2.24, 2.45) is 23.2 Å². The second kappa shape index (κ2) is 7.73. The van der Waals surface area contributed by atoms with E-state index in [-0.39, 0.29) is 11.4 Å². The summed E-state index contributed by atoms with van der Waals surface area (Å²) in [4.78, 5) is 12.3. The quantitative estimate of drug-likeness (QED) is 0.622. The first kappa shape index (κ1) is 20.3. The number of hydrogen-bond acceptors (Lipinski definition) is 3. The third-order valence-corrected chi connectivity index (χ3v) is 6.19. The molecule has 0 aliphatic carbocycles. The molecule has 0 bridgehead atoms. The summed E-state index contributed by atoms with van der Waals surface area (Å²) in [5.74, 6) is 1.80. The number of nitrogens with zero attached hydrogens (tertiary/aromatic N) is 1. The van der Waals surface area contributed by atoms with Crippen LogP contribution in [0.5, 0.6) is 5.75 Å². The Hall–Kier alpha value is -1.97. The fourth-order valence-electron chi connectivity index (χ4n) is 4.72. The zero-order valence-corrected chi connectivity index (χ0v) is 17.4. The highest BCUT2D eigenvalue weighted by Crippen LogP contribution is 2.45. The van der Waals surface area contributed by atoms with E-state index in [0.717, 1.165) is 17.4 Å². The Morgan fingerprint density at radius 3 is 2.04 bits per heavy atom. The normalized spacial score (nSPS) is 12.4. The smallest absolute Gasteiger partial charge is 0.342 e. The van der Waals surface area contributed by atoms with Crippen LogP contribution in [-0.4, -0.2) is 24.8 Å². The Morgan fingerprint density at radius 2 is 1.58 bits per heavy atom. The summed E-state index contributed by atoms with van der Waals surface area (Å²) in [5.41, 5.74) is 1.70. The number of esters is 1. The molecule has 0 atom stereocenters. The molecule has 4 nitrogen and oxygen atoms in total. The summed E-state index contributed by atoms with van der Waals surface area (Å²) in [6.45, 7) is 14.8. The molecule has 0 saturated heterocycles. The first-order chi connectivity index (χ1) is 12.2. The van der Waals surface area contributed by atoms with E-state index in [2.05, 4.69) is 52.3 Å². The summed E-state index contributed by atoms with van der Waals surface area (Å²) < 4.78 is 12.7. The van der Waals surface area contributed by atoms with Crippen molar-refractivity contribution in [3.05, 3.63) is 30.0 Å². The van der Waals surface area contributed by atoms with Crippen LogP contribution < -0.4 is 4.74 Å². The van der Waals surface area contributed by atoms with Crippen molar-refractivity contribution in [1.29, 1.82) is 0 Å². The molecule has 1 aromatic carbocycles. The van der Waals surface area contributed by atoms with E-state index >= 15 is 0 Å². The van der Waals surface area contributed by atoms with Gasteiger partial charge in [-0.3, -0.25) is 0 Å². The number of methoxy groups -OCH3 is 2. The predicted molar refractivity (Wildman–Crippen MR) is 107 cm³/mol. The Kier molecular flexibility index (Phi) is 6.05. The van der Waals surface area contributed by atoms with Crippen molar-refractivity contribution >= 4 is 16.9 Å². The minimum atomic E-state index is -0.368. The van der Waals surface area contributed by atoms with Crippen LogP contribution in [0, 0.1) is 23.2 Å². The summed E-state index contributed by atoms with van der Waals surface area (Å²) >= 11 is 0. The largest absolute Gasteiger partial charge is 0.496 e. The second-order valence-corrected chi connectivity index (χ2v) is 8.09. The van der Waals surface area contributed by atoms with E-state index in [4.69, 9.17) is 9.47 Å². The molecule has 1 aromatic heterocycles. The van der Waals surface area contributed by atoms with Crippen LogP contribution in [0.25, 0.3) is 10.9 Å². The number of carbonyl (C=O) groups excluding carboxylic acids is 1. The monoisotopic (exact) mass is 359 g/mol. The van der Waals surface area contributed by atoms with Crippen molar-refractivity contribution in [3.8, 4) is 5.75 Å². The topological polar surface area (TPSA) is 40.5 Å². The number of benzene rings is 1. The van der Waals surface area contributed by atoms with E-state index < -0.39 is 0 Å². The lowest BCUT2D eigenvalue weighted by Gasteiger charge is -2.45. The summed E-state index contributed by atoms with van der Waals surface area (Å²) in [5, 5.41) is 0.876. The molecule has 144 valence electrons. The minimum Gasteiger partial charge on any atom is -0.496 e. The van der Waals surface area contributed by atoms with Gasteiger partial charge in [0.1, 0.15) is 11.3 Å². The number of aromatic nitrogens is 1. The van der Waals surface area contributed by atoms with Crippen molar-refractivity contribution in [3.63, 3.8) is 0 Å². The number of fused-ring (bicyclic) bond motifs is 1. The molecule has 0 amide bonds. The third kappa shape index (κ3) is 3.22. The van der Waals surface area contributed by atoms with Gasteiger partial charge in [-0.1, -0.05) is 41.5 Å². The van der Waals surface area contributed by atoms with E-state index in [9.17, 15) is 4.79 Å². The van der Waals surface area contributed by atoms with Crippen LogP contribution in [0.1, 0.15) is 51.9 Å². The van der Waals surface area contributed by atoms with Gasteiger partial charge in [0.05, 0.1) is 14.2 Å². The van der Waals surface area contributed by atoms with Crippen LogP contribution in [-0.2, 0) is 11.3 Å². The molecule has 0 radical (unpaired) electrons. The highest BCUT2D eigenvalue weighted by molar-refractivity contribution is 6.06. The molecule has 0 fully saturated rings. The van der Waals surface area contributed by atoms with Gasteiger partial charge in [0, 0.05) is 23.6 Å². The molecule has 2 aromatic rings. The zero-order chi connectivity index (χ0) is 19.6. The highest BCUT2D eigenvalue weighted by atomic mass is 16.5. The van der Waals surface area contributed by atoms with Crippen LogP contribution in [0.4, 0.5) is 0 Å². The maximum Gasteiger partial charge on any atom is 0.342 e. The molecule has 0 unspecified atom stereocenters. The lowest BCUT2D eigenvalue weighted by Crippen LogP contribution is -2.42. The van der Waals surface area contributed by atoms with E-state index in [1.165, 1.54) is 7.11 Å². The predicted octanol–water partition coefficient (Wildman–Crippen LogP) is 5.39. The van der Waals surface area contributed by atoms with Crippen molar-refractivity contribution < 1.29 is 14.3 Å². The molecule has 0 spiro atoms. The lowest BCUT2D eigenvalue weighted by atomic mass is 9.62. The SMILES string of the molecule is COC(=O)c1c(OC)ccc2c1ccn2CC(C(C)C)(C(C)C)C(C)C. The van der Waals surface area contributed by atoms with Crippen LogP contribution >= 0.6 is 0 Å². The summed E-state index contributed by atoms with van der Waals surface area (Å²) in [7, 11) is 2.98. The molecule has 4 heteroatoms. The molecule has 0 N–H and O–H groups in total. The van der Waals surface area contributed by atoms with Gasteiger partial charge in [0.15, 0.2) is 0 Å². The Labute approximate surface area is 157 Å². The lowest BCUT2D eigenvalue weighted by molar-refractivity contribution is 0.0297. The zero-order valence-electron chi connectivity index (χ0n) is 17.4. The van der Waals surface area contributed by atoms with Crippen LogP contribution in [0.15, 0.2) is 24.4 Å². The molecule has 1 heterocycles. The third-order valence-electron chi connectivity index (χ3n) is 6.19. The average Bonchev–Trinajstić information content (AvgIpc) is 2.99. The molecular formula is C22H33NO3. The standard InChI is InChI=1S/C22H33NO3/c1-14(2)22(15(3)4,16(5)6)13-23-12-11-17-18(23)9-10-19(25-7)20(17)21(24)26-8/h9-12,14-16H,13H2,1-8H3. The maximum atomic E-state index is 12.3. The Morgan fingerprint density at radius 1 is 1.00 bits per heavy atom. The number of carbonyl (C=O) groups is 1. The Bertz CT molecular complexity index is 749. The number of ether oxygens (including phenoxy) is 2. The van der Waals surface area contributed by atoms with Gasteiger partial charge in [-0.25, -0.2) is 4.79 Å². The van der Waals surface area contributed by atoms with Gasteiger partial charge < -0.3 is 14.0 Å². The molecule has 0 saturated carbocycles. The fraction of sp³-hybridized carbons (Fsp3) is 0.591. The molecule has 26 heavy (non-hydrogen) atoms. The number of rotatable bonds is 7. The van der Waals surface area contributed by atoms with Gasteiger partial charge in [-0.05, 0) is 41.4 Å². The molecule has 0 aliphatic heterocycles. The maximum absolute atomic E-state index is 12.3. The molecule has 0 aliphatic rings. The minimum absolute atomic E-state index is 0.164. The van der Waals surface area contributed by atoms with E-state index in [1.54, 1.807) is 7.11 Å². The first-order valence-corrected chi connectivity index (χ1v) is 9.44. The van der Waals surface area contributed by atoms with Gasteiger partial charge in [0.2, 0.25) is 0 Å². The van der Waals surface area contributed by atoms with Crippen molar-refractivity contribution in [2.45, 2.75) is 48.1 Å². The molecule has 2 rings (SSSR count). The summed E-state index contributed by atoms with van der Waals surface area (Å²) in [6.07, 6.45) is 2.08. The van der Waals surface area contributed by atoms with E-state index in [1.807, 2.05) is 18.2 Å². The highest BCUT2D eigenvalue weighted by Gasteiger charge is 2.40. The van der Waals surface area contributed by atoms with Gasteiger partial charge in [0.25, 0.3) is 0 Å². The van der Waals surface area contributed by atoms with Crippen LogP contribution in [0.2, 0.25) is 0 Å². The van der Waals surface area contributed by atoms with Gasteiger partial charge in [-0.2, -0.15) is 0 Å². The van der Waals surface area contributed by atoms with Crippen molar-refractivity contribution in [1.82, 2.24) is 4.57 Å². The fourth-order valence-corrected chi connectivity index (χ4v) is 4.72. The van der Waals surface area contributed by atoms with Gasteiger partial charge in [-0.15, -0.1) is 0 Å². The Balaban J connectivity index is 2.63. The average molecular weight is 360 g/mol. The van der Waals surface area contributed by atoms with E-state index in [0.29, 0.717) is 29.1 Å². The molecular weight excluding hydrogens is 326 g/mol.